The number of furan rings is 1. The average molecular weight is 420 g/mol. The molecule has 3 rings (SSSR count). The van der Waals surface area contributed by atoms with Crippen molar-refractivity contribution in [2.75, 3.05) is 5.73 Å². The molecule has 2 atom stereocenters. The van der Waals surface area contributed by atoms with Crippen molar-refractivity contribution >= 4 is 29.4 Å². The van der Waals surface area contributed by atoms with Crippen molar-refractivity contribution in [1.82, 2.24) is 4.98 Å². The number of hydrogen-bond donors (Lipinski definition) is 2. The summed E-state index contributed by atoms with van der Waals surface area (Å²) in [5.41, 5.74) is 7.27. The molecule has 0 aliphatic rings. The fourth-order valence-electron chi connectivity index (χ4n) is 3.03. The predicted octanol–water partition coefficient (Wildman–Crippen LogP) is 5.16. The van der Waals surface area contributed by atoms with Gasteiger partial charge in [-0.2, -0.15) is 0 Å². The van der Waals surface area contributed by atoms with Crippen LogP contribution in [0.15, 0.2) is 47.1 Å². The number of aromatic nitrogens is 1. The summed E-state index contributed by atoms with van der Waals surface area (Å²) in [5, 5.41) is 0.509. The first-order valence-corrected chi connectivity index (χ1v) is 11.6. The Labute approximate surface area is 168 Å². The molecule has 2 aromatic heterocycles. The molecule has 3 aromatic rings. The number of hydrogen-bond acceptors (Lipinski definition) is 6. The number of nitrogens with zero attached hydrogens (tertiary/aromatic N) is 1. The minimum Gasteiger partial charge on any atom is -0.462 e. The number of nitrogens with two attached hydrogens (primary N) is 1. The van der Waals surface area contributed by atoms with Crippen molar-refractivity contribution in [2.24, 2.45) is 5.92 Å². The van der Waals surface area contributed by atoms with Crippen LogP contribution in [0.5, 0.6) is 0 Å². The molecule has 2 heterocycles. The maximum atomic E-state index is 13.2. The Balaban J connectivity index is 1.95. The number of thiazole rings is 1. The van der Waals surface area contributed by atoms with E-state index >= 15 is 0 Å². The summed E-state index contributed by atoms with van der Waals surface area (Å²) < 4.78 is 24.4. The van der Waals surface area contributed by atoms with E-state index in [1.807, 2.05) is 37.3 Å². The molecule has 0 aliphatic carbocycles. The Morgan fingerprint density at radius 1 is 1.29 bits per heavy atom. The lowest BCUT2D eigenvalue weighted by atomic mass is 10.1. The number of rotatable bonds is 8. The second-order valence-corrected chi connectivity index (χ2v) is 9.84. The topological polar surface area (TPSA) is 98.6 Å². The van der Waals surface area contributed by atoms with Gasteiger partial charge in [-0.1, -0.05) is 51.1 Å². The van der Waals surface area contributed by atoms with Gasteiger partial charge in [-0.05, 0) is 30.4 Å². The van der Waals surface area contributed by atoms with Crippen LogP contribution in [0.2, 0.25) is 0 Å². The van der Waals surface area contributed by atoms with E-state index in [4.69, 9.17) is 14.7 Å². The largest absolute Gasteiger partial charge is 0.462 e. The number of anilines is 1. The van der Waals surface area contributed by atoms with E-state index < -0.39 is 13.7 Å². The molecule has 150 valence electrons. The second-order valence-electron chi connectivity index (χ2n) is 6.99. The third-order valence-electron chi connectivity index (χ3n) is 4.28. The summed E-state index contributed by atoms with van der Waals surface area (Å²) in [6.45, 7) is 6.10. The third kappa shape index (κ3) is 4.55. The van der Waals surface area contributed by atoms with E-state index in [-0.39, 0.29) is 11.1 Å². The van der Waals surface area contributed by atoms with Gasteiger partial charge in [0.05, 0.1) is 12.4 Å². The minimum absolute atomic E-state index is 0.109. The van der Waals surface area contributed by atoms with Gasteiger partial charge in [-0.3, -0.25) is 9.09 Å². The molecule has 0 radical (unpaired) electrons. The lowest BCUT2D eigenvalue weighted by molar-refractivity contribution is 0.178. The molecule has 28 heavy (non-hydrogen) atoms. The van der Waals surface area contributed by atoms with Crippen LogP contribution < -0.4 is 11.0 Å². The Morgan fingerprint density at radius 3 is 2.64 bits per heavy atom. The lowest BCUT2D eigenvalue weighted by Crippen LogP contribution is -2.12. The van der Waals surface area contributed by atoms with E-state index in [1.165, 1.54) is 23.7 Å². The Hall–Kier alpha value is -1.92. The molecule has 0 saturated heterocycles. The first-order chi connectivity index (χ1) is 13.3. The Kier molecular flexibility index (Phi) is 6.40. The molecule has 0 aliphatic heterocycles. The van der Waals surface area contributed by atoms with Crippen LogP contribution in [0.1, 0.15) is 43.7 Å². The SMILES string of the molecule is CCC(OP(=O)(O)c1ccoc1-c1nc(N)sc1CC(C)C)c1ccccc1. The molecular formula is C20H25N2O4PS. The molecular weight excluding hydrogens is 395 g/mol. The monoisotopic (exact) mass is 420 g/mol. The third-order valence-corrected chi connectivity index (χ3v) is 6.69. The highest BCUT2D eigenvalue weighted by atomic mass is 32.1. The van der Waals surface area contributed by atoms with Crippen molar-refractivity contribution in [1.29, 1.82) is 0 Å². The first kappa shape index (κ1) is 20.8. The summed E-state index contributed by atoms with van der Waals surface area (Å²) >= 11 is 1.37. The number of benzene rings is 1. The van der Waals surface area contributed by atoms with E-state index in [2.05, 4.69) is 18.8 Å². The van der Waals surface area contributed by atoms with Gasteiger partial charge >= 0.3 is 7.60 Å². The van der Waals surface area contributed by atoms with Gasteiger partial charge in [0.1, 0.15) is 11.0 Å². The van der Waals surface area contributed by atoms with Gasteiger partial charge in [0.15, 0.2) is 10.9 Å². The predicted molar refractivity (Wildman–Crippen MR) is 113 cm³/mol. The minimum atomic E-state index is -4.15. The summed E-state index contributed by atoms with van der Waals surface area (Å²) in [4.78, 5) is 16.1. The molecule has 0 fully saturated rings. The van der Waals surface area contributed by atoms with Gasteiger partial charge in [-0.15, -0.1) is 11.3 Å². The maximum Gasteiger partial charge on any atom is 0.363 e. The van der Waals surface area contributed by atoms with Crippen molar-refractivity contribution < 1.29 is 18.4 Å². The van der Waals surface area contributed by atoms with Crippen molar-refractivity contribution in [3.05, 3.63) is 53.1 Å². The highest BCUT2D eigenvalue weighted by molar-refractivity contribution is 7.61. The molecule has 1 aromatic carbocycles. The number of nitrogen functional groups attached to an aromatic ring is 1. The second kappa shape index (κ2) is 8.62. The van der Waals surface area contributed by atoms with Crippen molar-refractivity contribution in [3.8, 4) is 11.5 Å². The Bertz CT molecular complexity index is 968. The molecule has 0 amide bonds. The maximum absolute atomic E-state index is 13.2. The molecule has 0 spiro atoms. The summed E-state index contributed by atoms with van der Waals surface area (Å²) in [5.74, 6) is 0.633. The van der Waals surface area contributed by atoms with Gasteiger partial charge in [0.25, 0.3) is 0 Å². The zero-order valence-corrected chi connectivity index (χ0v) is 17.9. The normalized spacial score (nSPS) is 14.9. The van der Waals surface area contributed by atoms with Crippen LogP contribution in [0.25, 0.3) is 11.5 Å². The molecule has 3 N–H and O–H groups in total. The zero-order chi connectivity index (χ0) is 20.3. The van der Waals surface area contributed by atoms with Gasteiger partial charge in [-0.25, -0.2) is 4.98 Å². The molecule has 2 unspecified atom stereocenters. The lowest BCUT2D eigenvalue weighted by Gasteiger charge is -2.20. The highest BCUT2D eigenvalue weighted by Gasteiger charge is 2.34. The van der Waals surface area contributed by atoms with Crippen LogP contribution >= 0.6 is 18.9 Å². The van der Waals surface area contributed by atoms with Crippen molar-refractivity contribution in [3.63, 3.8) is 0 Å². The smallest absolute Gasteiger partial charge is 0.363 e. The standard InChI is InChI=1S/C20H25N2O4PS/c1-4-15(14-8-6-5-7-9-14)26-27(23,24)16-10-11-25-19(16)18-17(12-13(2)3)28-20(21)22-18/h5-11,13,15H,4,12H2,1-3H3,(H2,21,22)(H,23,24). The molecule has 0 bridgehead atoms. The van der Waals surface area contributed by atoms with Gasteiger partial charge in [0.2, 0.25) is 0 Å². The summed E-state index contributed by atoms with van der Waals surface area (Å²) in [7, 11) is -4.15. The fourth-order valence-corrected chi connectivity index (χ4v) is 5.46. The van der Waals surface area contributed by atoms with Crippen LogP contribution in [0.4, 0.5) is 5.13 Å². The molecule has 6 nitrogen and oxygen atoms in total. The van der Waals surface area contributed by atoms with Crippen LogP contribution in [0.3, 0.4) is 0 Å². The first-order valence-electron chi connectivity index (χ1n) is 9.21. The van der Waals surface area contributed by atoms with E-state index in [9.17, 15) is 9.46 Å². The van der Waals surface area contributed by atoms with Crippen molar-refractivity contribution in [2.45, 2.75) is 39.7 Å². The Morgan fingerprint density at radius 2 is 2.00 bits per heavy atom. The van der Waals surface area contributed by atoms with Crippen LogP contribution in [-0.2, 0) is 15.5 Å². The summed E-state index contributed by atoms with van der Waals surface area (Å²) in [6, 6.07) is 10.9. The summed E-state index contributed by atoms with van der Waals surface area (Å²) in [6.07, 6.45) is 2.19. The highest BCUT2D eigenvalue weighted by Crippen LogP contribution is 2.49. The zero-order valence-electron chi connectivity index (χ0n) is 16.2. The van der Waals surface area contributed by atoms with Gasteiger partial charge < -0.3 is 15.0 Å². The van der Waals surface area contributed by atoms with E-state index in [1.54, 1.807) is 0 Å². The van der Waals surface area contributed by atoms with E-state index in [0.29, 0.717) is 23.2 Å². The molecule has 0 saturated carbocycles. The van der Waals surface area contributed by atoms with Crippen LogP contribution in [-0.4, -0.2) is 9.88 Å². The van der Waals surface area contributed by atoms with Crippen LogP contribution in [0, 0.1) is 5.92 Å². The fraction of sp³-hybridized carbons (Fsp3) is 0.350. The van der Waals surface area contributed by atoms with E-state index in [0.717, 1.165) is 16.9 Å². The average Bonchev–Trinajstić information content (AvgIpc) is 3.27. The quantitative estimate of drug-likeness (QED) is 0.488. The van der Waals surface area contributed by atoms with Gasteiger partial charge in [0, 0.05) is 4.88 Å². The molecule has 8 heteroatoms.